The lowest BCUT2D eigenvalue weighted by Crippen LogP contribution is -2.30. The topological polar surface area (TPSA) is 90.3 Å². The molecular weight excluding hydrogens is 322 g/mol. The highest BCUT2D eigenvalue weighted by Gasteiger charge is 2.18. The van der Waals surface area contributed by atoms with E-state index in [0.717, 1.165) is 37.4 Å². The predicted octanol–water partition coefficient (Wildman–Crippen LogP) is 1.02. The average Bonchev–Trinajstić information content (AvgIpc) is 3.16. The van der Waals surface area contributed by atoms with Crippen molar-refractivity contribution in [2.24, 2.45) is 0 Å². The predicted molar refractivity (Wildman–Crippen MR) is 92.0 cm³/mol. The van der Waals surface area contributed by atoms with E-state index in [9.17, 15) is 4.79 Å². The number of methoxy groups -OCH3 is 1. The third kappa shape index (κ3) is 4.69. The monoisotopic (exact) mass is 345 g/mol. The molecule has 0 radical (unpaired) electrons. The molecule has 25 heavy (non-hydrogen) atoms. The lowest BCUT2D eigenvalue weighted by molar-refractivity contribution is 0.0942. The smallest absolute Gasteiger partial charge is 0.273 e. The first kappa shape index (κ1) is 17.2. The number of nitrogens with one attached hydrogen (secondary N) is 2. The van der Waals surface area contributed by atoms with Crippen LogP contribution in [0, 0.1) is 0 Å². The molecule has 0 unspecified atom stereocenters. The van der Waals surface area contributed by atoms with Gasteiger partial charge in [-0.15, -0.1) is 5.10 Å². The van der Waals surface area contributed by atoms with Crippen molar-refractivity contribution in [2.75, 3.05) is 33.4 Å². The molecule has 1 amide bonds. The molecular formula is C17H23N5O3. The van der Waals surface area contributed by atoms with Gasteiger partial charge in [-0.1, -0.05) is 5.21 Å². The molecule has 1 aromatic heterocycles. The summed E-state index contributed by atoms with van der Waals surface area (Å²) < 4.78 is 12.5. The molecule has 0 saturated carbocycles. The van der Waals surface area contributed by atoms with E-state index < -0.39 is 0 Å². The molecule has 3 rings (SSSR count). The van der Waals surface area contributed by atoms with E-state index in [1.165, 1.54) is 0 Å². The second kappa shape index (κ2) is 8.48. The van der Waals surface area contributed by atoms with Gasteiger partial charge in [-0.25, -0.2) is 4.68 Å². The summed E-state index contributed by atoms with van der Waals surface area (Å²) >= 11 is 0. The number of rotatable bonds is 7. The summed E-state index contributed by atoms with van der Waals surface area (Å²) in [5.41, 5.74) is 0.336. The zero-order valence-corrected chi connectivity index (χ0v) is 14.3. The highest BCUT2D eigenvalue weighted by molar-refractivity contribution is 5.91. The maximum atomic E-state index is 12.1. The third-order valence-corrected chi connectivity index (χ3v) is 4.14. The van der Waals surface area contributed by atoms with Gasteiger partial charge in [0.1, 0.15) is 18.1 Å². The van der Waals surface area contributed by atoms with E-state index in [-0.39, 0.29) is 5.91 Å². The van der Waals surface area contributed by atoms with Crippen LogP contribution in [0.2, 0.25) is 0 Å². The van der Waals surface area contributed by atoms with Crippen LogP contribution in [0.4, 0.5) is 0 Å². The van der Waals surface area contributed by atoms with E-state index >= 15 is 0 Å². The molecule has 134 valence electrons. The van der Waals surface area contributed by atoms with Gasteiger partial charge in [-0.2, -0.15) is 0 Å². The first-order valence-corrected chi connectivity index (χ1v) is 8.44. The highest BCUT2D eigenvalue weighted by atomic mass is 16.5. The number of carbonyl (C=O) groups excluding carboxylic acids is 1. The quantitative estimate of drug-likeness (QED) is 0.728. The zero-order chi connectivity index (χ0) is 17.5. The molecule has 2 heterocycles. The van der Waals surface area contributed by atoms with Crippen molar-refractivity contribution in [3.8, 4) is 11.5 Å². The summed E-state index contributed by atoms with van der Waals surface area (Å²) in [7, 11) is 1.62. The van der Waals surface area contributed by atoms with Gasteiger partial charge < -0.3 is 20.1 Å². The Labute approximate surface area is 146 Å². The number of hydrogen-bond acceptors (Lipinski definition) is 6. The first-order valence-electron chi connectivity index (χ1n) is 8.44. The van der Waals surface area contributed by atoms with Crippen LogP contribution in [0.25, 0.3) is 0 Å². The van der Waals surface area contributed by atoms with Gasteiger partial charge in [0.15, 0.2) is 5.69 Å². The van der Waals surface area contributed by atoms with E-state index in [2.05, 4.69) is 20.9 Å². The van der Waals surface area contributed by atoms with Gasteiger partial charge in [0.2, 0.25) is 0 Å². The number of nitrogens with zero attached hydrogens (tertiary/aromatic N) is 3. The highest BCUT2D eigenvalue weighted by Crippen LogP contribution is 2.17. The Morgan fingerprint density at radius 3 is 2.72 bits per heavy atom. The van der Waals surface area contributed by atoms with Crippen molar-refractivity contribution in [1.29, 1.82) is 0 Å². The summed E-state index contributed by atoms with van der Waals surface area (Å²) in [5.74, 6) is 1.27. The fourth-order valence-electron chi connectivity index (χ4n) is 2.73. The van der Waals surface area contributed by atoms with Crippen LogP contribution in [0.1, 0.15) is 29.4 Å². The molecule has 8 nitrogen and oxygen atoms in total. The van der Waals surface area contributed by atoms with E-state index in [0.29, 0.717) is 24.9 Å². The van der Waals surface area contributed by atoms with Crippen LogP contribution in [0.3, 0.4) is 0 Å². The molecule has 2 aromatic rings. The van der Waals surface area contributed by atoms with Gasteiger partial charge >= 0.3 is 0 Å². The number of amides is 1. The number of hydrogen-bond donors (Lipinski definition) is 2. The van der Waals surface area contributed by atoms with Crippen molar-refractivity contribution in [2.45, 2.75) is 18.9 Å². The van der Waals surface area contributed by atoms with E-state index in [4.69, 9.17) is 9.47 Å². The second-order valence-electron chi connectivity index (χ2n) is 5.84. The van der Waals surface area contributed by atoms with Crippen molar-refractivity contribution < 1.29 is 14.3 Å². The van der Waals surface area contributed by atoms with Crippen LogP contribution < -0.4 is 20.1 Å². The average molecular weight is 345 g/mol. The van der Waals surface area contributed by atoms with Gasteiger partial charge in [-0.3, -0.25) is 4.79 Å². The maximum Gasteiger partial charge on any atom is 0.273 e. The van der Waals surface area contributed by atoms with Gasteiger partial charge in [0.25, 0.3) is 5.91 Å². The minimum Gasteiger partial charge on any atom is -0.497 e. The van der Waals surface area contributed by atoms with Crippen LogP contribution >= 0.6 is 0 Å². The van der Waals surface area contributed by atoms with Gasteiger partial charge in [0.05, 0.1) is 25.9 Å². The standard InChI is InChI=1S/C17H23N5O3/c1-24-14-2-4-15(5-3-14)25-11-10-19-17(23)16-12-22(21-20-16)13-6-8-18-9-7-13/h2-5,12-13,18H,6-11H2,1H3,(H,19,23). The molecule has 1 saturated heterocycles. The molecule has 1 aromatic carbocycles. The number of aromatic nitrogens is 3. The van der Waals surface area contributed by atoms with Crippen molar-refractivity contribution in [1.82, 2.24) is 25.6 Å². The molecule has 0 aliphatic carbocycles. The molecule has 0 spiro atoms. The van der Waals surface area contributed by atoms with Crippen molar-refractivity contribution >= 4 is 5.91 Å². The number of ether oxygens (including phenoxy) is 2. The Balaban J connectivity index is 1.42. The lowest BCUT2D eigenvalue weighted by atomic mass is 10.1. The maximum absolute atomic E-state index is 12.1. The Morgan fingerprint density at radius 2 is 2.00 bits per heavy atom. The third-order valence-electron chi connectivity index (χ3n) is 4.14. The Bertz CT molecular complexity index is 680. The van der Waals surface area contributed by atoms with Crippen LogP contribution in [-0.4, -0.2) is 54.3 Å². The normalized spacial score (nSPS) is 14.9. The molecule has 1 fully saturated rings. The SMILES string of the molecule is COc1ccc(OCCNC(=O)c2cn(C3CCNCC3)nn2)cc1. The van der Waals surface area contributed by atoms with E-state index in [1.807, 2.05) is 24.3 Å². The van der Waals surface area contributed by atoms with Gasteiger partial charge in [-0.05, 0) is 50.2 Å². The van der Waals surface area contributed by atoms with Crippen LogP contribution in [0.15, 0.2) is 30.5 Å². The molecule has 1 aliphatic rings. The van der Waals surface area contributed by atoms with Crippen LogP contribution in [0.5, 0.6) is 11.5 Å². The van der Waals surface area contributed by atoms with Crippen LogP contribution in [-0.2, 0) is 0 Å². The van der Waals surface area contributed by atoms with E-state index in [1.54, 1.807) is 18.0 Å². The molecule has 1 aliphatic heterocycles. The minimum atomic E-state index is -0.237. The second-order valence-corrected chi connectivity index (χ2v) is 5.84. The largest absolute Gasteiger partial charge is 0.497 e. The molecule has 8 heteroatoms. The first-order chi connectivity index (χ1) is 12.3. The number of carbonyl (C=O) groups is 1. The molecule has 0 atom stereocenters. The van der Waals surface area contributed by atoms with Gasteiger partial charge in [0, 0.05) is 0 Å². The Hall–Kier alpha value is -2.61. The van der Waals surface area contributed by atoms with Crippen molar-refractivity contribution in [3.63, 3.8) is 0 Å². The molecule has 2 N–H and O–H groups in total. The summed E-state index contributed by atoms with van der Waals surface area (Å²) in [5, 5.41) is 14.2. The van der Waals surface area contributed by atoms with Crippen molar-refractivity contribution in [3.05, 3.63) is 36.2 Å². The Morgan fingerprint density at radius 1 is 1.28 bits per heavy atom. The summed E-state index contributed by atoms with van der Waals surface area (Å²) in [4.78, 5) is 12.1. The summed E-state index contributed by atoms with van der Waals surface area (Å²) in [6.07, 6.45) is 3.72. The summed E-state index contributed by atoms with van der Waals surface area (Å²) in [6, 6.07) is 7.62. The molecule has 0 bridgehead atoms. The number of piperidine rings is 1. The Kier molecular flexibility index (Phi) is 5.84. The number of benzene rings is 1. The minimum absolute atomic E-state index is 0.237. The summed E-state index contributed by atoms with van der Waals surface area (Å²) in [6.45, 7) is 2.70. The lowest BCUT2D eigenvalue weighted by Gasteiger charge is -2.22. The fourth-order valence-corrected chi connectivity index (χ4v) is 2.73. The fraction of sp³-hybridized carbons (Fsp3) is 0.471. The zero-order valence-electron chi connectivity index (χ0n) is 14.3.